The van der Waals surface area contributed by atoms with E-state index in [0.29, 0.717) is 5.92 Å². The quantitative estimate of drug-likeness (QED) is 0.717. The molecule has 1 aliphatic heterocycles. The van der Waals surface area contributed by atoms with E-state index in [-0.39, 0.29) is 0 Å². The van der Waals surface area contributed by atoms with Crippen LogP contribution in [0.5, 0.6) is 0 Å². The Morgan fingerprint density at radius 3 is 2.50 bits per heavy atom. The van der Waals surface area contributed by atoms with Crippen LogP contribution in [0, 0.1) is 11.8 Å². The predicted molar refractivity (Wildman–Crippen MR) is 72.1 cm³/mol. The number of hydrogen-bond acceptors (Lipinski definition) is 1. The maximum atomic E-state index is 4.22. The molecule has 0 bridgehead atoms. The summed E-state index contributed by atoms with van der Waals surface area (Å²) < 4.78 is 0. The topological polar surface area (TPSA) is 12.0 Å². The first-order chi connectivity index (χ1) is 7.58. The first-order valence-electron chi connectivity index (χ1n) is 6.70. The third-order valence-electron chi connectivity index (χ3n) is 3.90. The molecule has 1 fully saturated rings. The van der Waals surface area contributed by atoms with Crippen molar-refractivity contribution in [3.05, 3.63) is 23.5 Å². The van der Waals surface area contributed by atoms with E-state index in [4.69, 9.17) is 0 Å². The van der Waals surface area contributed by atoms with Gasteiger partial charge in [-0.3, -0.25) is 0 Å². The molecule has 1 nitrogen and oxygen atoms in total. The number of rotatable bonds is 2. The number of hydrogen-bond donors (Lipinski definition) is 1. The van der Waals surface area contributed by atoms with Crippen molar-refractivity contribution >= 4 is 0 Å². The smallest absolute Gasteiger partial charge is 0.0135 e. The van der Waals surface area contributed by atoms with Crippen molar-refractivity contribution in [3.8, 4) is 0 Å². The molecule has 0 spiro atoms. The fourth-order valence-corrected chi connectivity index (χ4v) is 2.53. The van der Waals surface area contributed by atoms with Crippen LogP contribution in [-0.2, 0) is 0 Å². The first-order valence-corrected chi connectivity index (χ1v) is 6.70. The van der Waals surface area contributed by atoms with Crippen LogP contribution in [0.1, 0.15) is 59.8 Å². The highest BCUT2D eigenvalue weighted by Crippen LogP contribution is 2.31. The Labute approximate surface area is 101 Å². The van der Waals surface area contributed by atoms with Crippen molar-refractivity contribution in [1.82, 2.24) is 5.32 Å². The molecule has 1 N–H and O–H groups in total. The summed E-state index contributed by atoms with van der Waals surface area (Å²) in [5, 5.41) is 3.55. The second-order valence-electron chi connectivity index (χ2n) is 5.28. The van der Waals surface area contributed by atoms with Gasteiger partial charge in [-0.2, -0.15) is 0 Å². The van der Waals surface area contributed by atoms with E-state index in [1.54, 1.807) is 0 Å². The molecule has 1 rings (SSSR count). The summed E-state index contributed by atoms with van der Waals surface area (Å²) in [6.07, 6.45) is 6.34. The van der Waals surface area contributed by atoms with Gasteiger partial charge in [-0.25, -0.2) is 0 Å². The molecule has 92 valence electrons. The van der Waals surface area contributed by atoms with E-state index in [1.165, 1.54) is 49.1 Å². The summed E-state index contributed by atoms with van der Waals surface area (Å²) >= 11 is 0. The predicted octanol–water partition coefficient (Wildman–Crippen LogP) is 4.62. The molecule has 1 heteroatoms. The SMILES string of the molecule is C=C1NC(=C(C)C)CCC(CC)CC1CC. The van der Waals surface area contributed by atoms with Gasteiger partial charge < -0.3 is 5.32 Å². The lowest BCUT2D eigenvalue weighted by molar-refractivity contribution is 0.342. The zero-order valence-electron chi connectivity index (χ0n) is 11.4. The van der Waals surface area contributed by atoms with Gasteiger partial charge in [-0.15, -0.1) is 0 Å². The van der Waals surface area contributed by atoms with Crippen LogP contribution in [0.25, 0.3) is 0 Å². The van der Waals surface area contributed by atoms with Crippen LogP contribution in [0.2, 0.25) is 0 Å². The van der Waals surface area contributed by atoms with E-state index in [0.717, 1.165) is 5.92 Å². The summed E-state index contributed by atoms with van der Waals surface area (Å²) in [5.41, 5.74) is 4.05. The molecule has 0 aromatic rings. The highest BCUT2D eigenvalue weighted by Gasteiger charge is 2.20. The minimum atomic E-state index is 0.652. The third kappa shape index (κ3) is 3.40. The summed E-state index contributed by atoms with van der Waals surface area (Å²) in [7, 11) is 0. The largest absolute Gasteiger partial charge is 0.363 e. The summed E-state index contributed by atoms with van der Waals surface area (Å²) in [4.78, 5) is 0. The Balaban J connectivity index is 2.82. The maximum Gasteiger partial charge on any atom is 0.0135 e. The monoisotopic (exact) mass is 221 g/mol. The Morgan fingerprint density at radius 1 is 1.31 bits per heavy atom. The average molecular weight is 221 g/mol. The molecular weight excluding hydrogens is 194 g/mol. The van der Waals surface area contributed by atoms with Gasteiger partial charge >= 0.3 is 0 Å². The van der Waals surface area contributed by atoms with Crippen LogP contribution in [0.4, 0.5) is 0 Å². The van der Waals surface area contributed by atoms with Crippen molar-refractivity contribution in [1.29, 1.82) is 0 Å². The minimum absolute atomic E-state index is 0.652. The van der Waals surface area contributed by atoms with E-state index in [1.807, 2.05) is 0 Å². The Kier molecular flexibility index (Phi) is 5.11. The first kappa shape index (κ1) is 13.3. The van der Waals surface area contributed by atoms with Gasteiger partial charge in [0, 0.05) is 11.4 Å². The van der Waals surface area contributed by atoms with E-state index < -0.39 is 0 Å². The van der Waals surface area contributed by atoms with Gasteiger partial charge in [-0.05, 0) is 51.4 Å². The van der Waals surface area contributed by atoms with E-state index in [2.05, 4.69) is 39.6 Å². The van der Waals surface area contributed by atoms with Crippen LogP contribution in [0.3, 0.4) is 0 Å². The lowest BCUT2D eigenvalue weighted by Crippen LogP contribution is -2.25. The van der Waals surface area contributed by atoms with Crippen molar-refractivity contribution in [2.75, 3.05) is 0 Å². The number of allylic oxidation sites excluding steroid dienone is 3. The molecule has 0 aromatic carbocycles. The molecule has 1 heterocycles. The van der Waals surface area contributed by atoms with Gasteiger partial charge in [0.2, 0.25) is 0 Å². The molecule has 0 aromatic heterocycles. The molecule has 16 heavy (non-hydrogen) atoms. The van der Waals surface area contributed by atoms with Crippen molar-refractivity contribution < 1.29 is 0 Å². The average Bonchev–Trinajstić information content (AvgIpc) is 2.24. The van der Waals surface area contributed by atoms with Gasteiger partial charge in [0.1, 0.15) is 0 Å². The summed E-state index contributed by atoms with van der Waals surface area (Å²) in [5.74, 6) is 1.53. The fraction of sp³-hybridized carbons (Fsp3) is 0.733. The van der Waals surface area contributed by atoms with Crippen molar-refractivity contribution in [3.63, 3.8) is 0 Å². The molecule has 2 atom stereocenters. The highest BCUT2D eigenvalue weighted by molar-refractivity contribution is 5.16. The maximum absolute atomic E-state index is 4.22. The second kappa shape index (κ2) is 6.12. The molecule has 2 unspecified atom stereocenters. The Morgan fingerprint density at radius 2 is 2.00 bits per heavy atom. The zero-order valence-corrected chi connectivity index (χ0v) is 11.4. The van der Waals surface area contributed by atoms with Crippen LogP contribution in [-0.4, -0.2) is 0 Å². The van der Waals surface area contributed by atoms with Crippen molar-refractivity contribution in [2.45, 2.75) is 59.8 Å². The van der Waals surface area contributed by atoms with E-state index >= 15 is 0 Å². The highest BCUT2D eigenvalue weighted by atomic mass is 14.9. The summed E-state index contributed by atoms with van der Waals surface area (Å²) in [6, 6.07) is 0. The summed E-state index contributed by atoms with van der Waals surface area (Å²) in [6.45, 7) is 13.2. The van der Waals surface area contributed by atoms with Gasteiger partial charge in [-0.1, -0.05) is 32.4 Å². The second-order valence-corrected chi connectivity index (χ2v) is 5.28. The van der Waals surface area contributed by atoms with Crippen LogP contribution >= 0.6 is 0 Å². The number of nitrogens with one attached hydrogen (secondary N) is 1. The molecular formula is C15H27N. The fourth-order valence-electron chi connectivity index (χ4n) is 2.53. The molecule has 1 aliphatic rings. The molecule has 0 saturated carbocycles. The Bertz CT molecular complexity index is 271. The Hall–Kier alpha value is -0.720. The standard InChI is InChI=1S/C15H27N/c1-6-13-8-9-15(11(3)4)16-12(5)14(7-2)10-13/h13-14,16H,5-10H2,1-4H3. The molecule has 0 amide bonds. The van der Waals surface area contributed by atoms with E-state index in [9.17, 15) is 0 Å². The van der Waals surface area contributed by atoms with Gasteiger partial charge in [0.05, 0.1) is 0 Å². The zero-order chi connectivity index (χ0) is 12.1. The molecule has 0 radical (unpaired) electrons. The molecule has 0 aliphatic carbocycles. The lowest BCUT2D eigenvalue weighted by Gasteiger charge is -2.29. The molecule has 1 saturated heterocycles. The minimum Gasteiger partial charge on any atom is -0.363 e. The van der Waals surface area contributed by atoms with Crippen molar-refractivity contribution in [2.24, 2.45) is 11.8 Å². The van der Waals surface area contributed by atoms with Gasteiger partial charge in [0.15, 0.2) is 0 Å². The lowest BCUT2D eigenvalue weighted by atomic mass is 9.84. The third-order valence-corrected chi connectivity index (χ3v) is 3.90. The van der Waals surface area contributed by atoms with Crippen LogP contribution in [0.15, 0.2) is 23.5 Å². The van der Waals surface area contributed by atoms with Crippen LogP contribution < -0.4 is 5.32 Å². The normalized spacial score (nSPS) is 27.0. The van der Waals surface area contributed by atoms with Gasteiger partial charge in [0.25, 0.3) is 0 Å².